The molecule has 0 radical (unpaired) electrons. The van der Waals surface area contributed by atoms with Gasteiger partial charge in [0, 0.05) is 17.0 Å². The zero-order chi connectivity index (χ0) is 14.4. The number of pyridine rings is 1. The molecule has 4 aromatic rings. The molecule has 0 unspecified atom stereocenters. The Bertz CT molecular complexity index is 972. The van der Waals surface area contributed by atoms with Gasteiger partial charge in [-0.05, 0) is 24.6 Å². The van der Waals surface area contributed by atoms with E-state index in [1.807, 2.05) is 31.6 Å². The van der Waals surface area contributed by atoms with Crippen LogP contribution in [-0.4, -0.2) is 9.97 Å². The number of nitrogens with zero attached hydrogens (tertiary/aromatic N) is 3. The molecule has 0 N–H and O–H groups in total. The fraction of sp³-hybridized carbons (Fsp3) is 0.118. The quantitative estimate of drug-likeness (QED) is 0.501. The molecule has 0 aliphatic rings. The van der Waals surface area contributed by atoms with Crippen LogP contribution in [0.3, 0.4) is 0 Å². The second-order valence-electron chi connectivity index (χ2n) is 5.16. The van der Waals surface area contributed by atoms with Crippen molar-refractivity contribution in [1.29, 1.82) is 0 Å². The van der Waals surface area contributed by atoms with Crippen LogP contribution >= 0.6 is 0 Å². The van der Waals surface area contributed by atoms with E-state index in [1.165, 1.54) is 0 Å². The van der Waals surface area contributed by atoms with Gasteiger partial charge >= 0.3 is 0 Å². The summed E-state index contributed by atoms with van der Waals surface area (Å²) in [6.07, 6.45) is 7.33. The van der Waals surface area contributed by atoms with Crippen LogP contribution in [0.25, 0.3) is 33.3 Å². The predicted molar refractivity (Wildman–Crippen MR) is 80.7 cm³/mol. The Morgan fingerprint density at radius 2 is 2.00 bits per heavy atom. The smallest absolute Gasteiger partial charge is 0.234 e. The number of aromatic nitrogens is 3. The molecule has 0 aliphatic carbocycles. The predicted octanol–water partition coefficient (Wildman–Crippen LogP) is 3.18. The first-order valence-corrected chi connectivity index (χ1v) is 6.82. The van der Waals surface area contributed by atoms with E-state index >= 15 is 0 Å². The second kappa shape index (κ2) is 4.38. The van der Waals surface area contributed by atoms with Crippen LogP contribution in [0.1, 0.15) is 5.56 Å². The number of benzene rings is 1. The fourth-order valence-electron chi connectivity index (χ4n) is 2.76. The van der Waals surface area contributed by atoms with E-state index in [9.17, 15) is 0 Å². The molecular formula is C17H14N3O+. The molecule has 0 fully saturated rings. The molecule has 102 valence electrons. The van der Waals surface area contributed by atoms with Gasteiger partial charge in [0.05, 0.1) is 18.0 Å². The lowest BCUT2D eigenvalue weighted by Gasteiger charge is -2.04. The monoisotopic (exact) mass is 276 g/mol. The summed E-state index contributed by atoms with van der Waals surface area (Å²) in [6, 6.07) is 8.18. The lowest BCUT2D eigenvalue weighted by molar-refractivity contribution is -0.660. The van der Waals surface area contributed by atoms with Crippen LogP contribution in [0.15, 0.2) is 53.5 Å². The topological polar surface area (TPSA) is 42.8 Å². The normalized spacial score (nSPS) is 11.3. The molecule has 0 atom stereocenters. The van der Waals surface area contributed by atoms with Crippen molar-refractivity contribution in [1.82, 2.24) is 9.97 Å². The molecular weight excluding hydrogens is 262 g/mol. The van der Waals surface area contributed by atoms with Gasteiger partial charge in [0.1, 0.15) is 7.05 Å². The van der Waals surface area contributed by atoms with Gasteiger partial charge in [0.25, 0.3) is 0 Å². The van der Waals surface area contributed by atoms with E-state index in [0.717, 1.165) is 33.2 Å². The van der Waals surface area contributed by atoms with E-state index in [2.05, 4.69) is 33.6 Å². The van der Waals surface area contributed by atoms with Crippen LogP contribution in [0.5, 0.6) is 0 Å². The van der Waals surface area contributed by atoms with Gasteiger partial charge in [0.15, 0.2) is 11.8 Å². The van der Waals surface area contributed by atoms with Crippen LogP contribution in [0, 0.1) is 6.92 Å². The fourth-order valence-corrected chi connectivity index (χ4v) is 2.76. The van der Waals surface area contributed by atoms with Crippen LogP contribution in [0.2, 0.25) is 0 Å². The molecule has 0 saturated heterocycles. The van der Waals surface area contributed by atoms with Crippen molar-refractivity contribution in [2.24, 2.45) is 7.05 Å². The van der Waals surface area contributed by atoms with E-state index in [1.54, 1.807) is 12.4 Å². The Morgan fingerprint density at radius 1 is 1.10 bits per heavy atom. The number of rotatable bonds is 1. The largest absolute Gasteiger partial charge is 0.437 e. The molecule has 0 aliphatic heterocycles. The first-order chi connectivity index (χ1) is 10.3. The average Bonchev–Trinajstić information content (AvgIpc) is 2.87. The van der Waals surface area contributed by atoms with E-state index in [0.29, 0.717) is 5.71 Å². The Morgan fingerprint density at radius 3 is 2.86 bits per heavy atom. The maximum atomic E-state index is 6.02. The molecule has 0 bridgehead atoms. The van der Waals surface area contributed by atoms with Crippen molar-refractivity contribution in [2.75, 3.05) is 0 Å². The molecule has 0 amide bonds. The molecule has 3 heterocycles. The molecule has 0 saturated carbocycles. The number of hydrogen-bond donors (Lipinski definition) is 0. The van der Waals surface area contributed by atoms with Gasteiger partial charge in [-0.3, -0.25) is 4.98 Å². The Hall–Kier alpha value is -2.75. The maximum Gasteiger partial charge on any atom is 0.234 e. The number of hydrogen-bond acceptors (Lipinski definition) is 3. The maximum absolute atomic E-state index is 6.02. The summed E-state index contributed by atoms with van der Waals surface area (Å²) < 4.78 is 8.07. The minimum atomic E-state index is 0.672. The van der Waals surface area contributed by atoms with Gasteiger partial charge in [-0.2, -0.15) is 4.57 Å². The van der Waals surface area contributed by atoms with Crippen molar-refractivity contribution in [3.63, 3.8) is 0 Å². The number of aryl methyl sites for hydroxylation is 2. The summed E-state index contributed by atoms with van der Waals surface area (Å²) in [7, 11) is 2.01. The summed E-state index contributed by atoms with van der Waals surface area (Å²) in [6.45, 7) is 2.09. The van der Waals surface area contributed by atoms with Gasteiger partial charge in [0.2, 0.25) is 11.4 Å². The third kappa shape index (κ3) is 1.72. The Labute approximate surface area is 121 Å². The highest BCUT2D eigenvalue weighted by Gasteiger charge is 2.20. The molecule has 1 aromatic carbocycles. The van der Waals surface area contributed by atoms with Crippen molar-refractivity contribution >= 4 is 22.1 Å². The summed E-state index contributed by atoms with van der Waals surface area (Å²) in [5, 5.41) is 2.13. The van der Waals surface area contributed by atoms with E-state index < -0.39 is 0 Å². The van der Waals surface area contributed by atoms with E-state index in [-0.39, 0.29) is 0 Å². The summed E-state index contributed by atoms with van der Waals surface area (Å²) in [5.41, 5.74) is 4.80. The molecule has 4 heteroatoms. The number of furan rings is 1. The molecule has 4 nitrogen and oxygen atoms in total. The SMILES string of the molecule is Cc1ccc2c(oc3ncccc32)c1-c1cncc[n+]1C. The highest BCUT2D eigenvalue weighted by atomic mass is 16.3. The van der Waals surface area contributed by atoms with Crippen molar-refractivity contribution < 1.29 is 8.98 Å². The molecule has 21 heavy (non-hydrogen) atoms. The average molecular weight is 276 g/mol. The molecule has 4 rings (SSSR count). The zero-order valence-electron chi connectivity index (χ0n) is 11.9. The highest BCUT2D eigenvalue weighted by Crippen LogP contribution is 2.35. The minimum Gasteiger partial charge on any atom is -0.437 e. The highest BCUT2D eigenvalue weighted by molar-refractivity contribution is 6.08. The van der Waals surface area contributed by atoms with Crippen molar-refractivity contribution in [3.05, 3.63) is 54.6 Å². The molecule has 0 spiro atoms. The van der Waals surface area contributed by atoms with Crippen molar-refractivity contribution in [2.45, 2.75) is 6.92 Å². The summed E-state index contributed by atoms with van der Waals surface area (Å²) in [5.74, 6) is 0. The van der Waals surface area contributed by atoms with Gasteiger partial charge < -0.3 is 4.42 Å². The third-order valence-corrected chi connectivity index (χ3v) is 3.84. The zero-order valence-corrected chi connectivity index (χ0v) is 11.9. The van der Waals surface area contributed by atoms with Crippen molar-refractivity contribution in [3.8, 4) is 11.3 Å². The van der Waals surface area contributed by atoms with Crippen LogP contribution in [-0.2, 0) is 7.05 Å². The van der Waals surface area contributed by atoms with Gasteiger partial charge in [-0.1, -0.05) is 12.1 Å². The van der Waals surface area contributed by atoms with Crippen LogP contribution < -0.4 is 4.57 Å². The summed E-state index contributed by atoms with van der Waals surface area (Å²) in [4.78, 5) is 8.56. The lowest BCUT2D eigenvalue weighted by atomic mass is 10.0. The Kier molecular flexibility index (Phi) is 2.51. The Balaban J connectivity index is 2.18. The lowest BCUT2D eigenvalue weighted by Crippen LogP contribution is -2.30. The van der Waals surface area contributed by atoms with E-state index in [4.69, 9.17) is 4.42 Å². The first kappa shape index (κ1) is 12.0. The number of fused-ring (bicyclic) bond motifs is 3. The first-order valence-electron chi connectivity index (χ1n) is 6.82. The van der Waals surface area contributed by atoms with Gasteiger partial charge in [-0.25, -0.2) is 4.98 Å². The minimum absolute atomic E-state index is 0.672. The second-order valence-corrected chi connectivity index (χ2v) is 5.16. The molecule has 3 aromatic heterocycles. The summed E-state index contributed by atoms with van der Waals surface area (Å²) >= 11 is 0. The van der Waals surface area contributed by atoms with Gasteiger partial charge in [-0.15, -0.1) is 0 Å². The van der Waals surface area contributed by atoms with Crippen LogP contribution in [0.4, 0.5) is 0 Å². The third-order valence-electron chi connectivity index (χ3n) is 3.84. The standard InChI is InChI=1S/C17H14N3O/c1-11-5-6-12-13-4-3-7-19-17(13)21-16(12)15(11)14-10-18-8-9-20(14)2/h3-10H,1-2H3/q+1.